The monoisotopic (exact) mass is 205 g/mol. The highest BCUT2D eigenvalue weighted by molar-refractivity contribution is 5.69. The van der Waals surface area contributed by atoms with E-state index in [1.165, 1.54) is 0 Å². The lowest BCUT2D eigenvalue weighted by Gasteiger charge is -2.10. The summed E-state index contributed by atoms with van der Waals surface area (Å²) in [4.78, 5) is 13.0. The number of hydrogen-bond donors (Lipinski definition) is 2. The first kappa shape index (κ1) is 13.4. The second kappa shape index (κ2) is 7.73. The summed E-state index contributed by atoms with van der Waals surface area (Å²) in [6.45, 7) is 0.319. The molecule has 2 N–H and O–H groups in total. The Morgan fingerprint density at radius 1 is 1.50 bits per heavy atom. The molecular weight excluding hydrogens is 186 g/mol. The van der Waals surface area contributed by atoms with E-state index in [-0.39, 0.29) is 19.2 Å². The largest absolute Gasteiger partial charge is 0.463 e. The van der Waals surface area contributed by atoms with Gasteiger partial charge in [-0.3, -0.25) is 4.79 Å². The van der Waals surface area contributed by atoms with Crippen molar-refractivity contribution in [2.45, 2.75) is 18.9 Å². The van der Waals surface area contributed by atoms with Gasteiger partial charge in [0, 0.05) is 6.42 Å². The van der Waals surface area contributed by atoms with Crippen molar-refractivity contribution in [3.05, 3.63) is 0 Å². The van der Waals surface area contributed by atoms with Gasteiger partial charge in [0.05, 0.1) is 6.61 Å². The van der Waals surface area contributed by atoms with Gasteiger partial charge in [-0.05, 0) is 27.1 Å². The number of carbonyl (C=O) groups excluding carboxylic acids is 1. The fourth-order valence-electron chi connectivity index (χ4n) is 0.854. The van der Waals surface area contributed by atoms with Gasteiger partial charge in [0.25, 0.3) is 0 Å². The Balaban J connectivity index is 3.37. The molecule has 0 aliphatic rings. The average Bonchev–Trinajstić information content (AvgIpc) is 2.13. The summed E-state index contributed by atoms with van der Waals surface area (Å²) in [6, 6.07) is 0. The number of aliphatic hydroxyl groups excluding tert-OH is 2. The quantitative estimate of drug-likeness (QED) is 0.534. The molecule has 0 aromatic carbocycles. The van der Waals surface area contributed by atoms with Gasteiger partial charge >= 0.3 is 5.97 Å². The third-order valence-corrected chi connectivity index (χ3v) is 1.63. The van der Waals surface area contributed by atoms with E-state index in [1.54, 1.807) is 0 Å². The number of nitrogens with zero attached hydrogens (tertiary/aromatic N) is 1. The molecule has 0 unspecified atom stereocenters. The molecule has 0 aliphatic heterocycles. The van der Waals surface area contributed by atoms with Crippen molar-refractivity contribution >= 4 is 5.97 Å². The second-order valence-corrected chi connectivity index (χ2v) is 3.43. The zero-order valence-corrected chi connectivity index (χ0v) is 8.77. The maximum atomic E-state index is 11.0. The molecule has 0 aliphatic carbocycles. The molecule has 84 valence electrons. The molecule has 0 rings (SSSR count). The summed E-state index contributed by atoms with van der Waals surface area (Å²) < 4.78 is 4.71. The molecule has 0 spiro atoms. The van der Waals surface area contributed by atoms with Crippen molar-refractivity contribution in [1.29, 1.82) is 0 Å². The minimum absolute atomic E-state index is 0.128. The SMILES string of the molecule is CN(C)CCCC(=O)OC[C@@H](O)CO. The molecule has 14 heavy (non-hydrogen) atoms. The summed E-state index contributed by atoms with van der Waals surface area (Å²) >= 11 is 0. The van der Waals surface area contributed by atoms with Gasteiger partial charge in [-0.25, -0.2) is 0 Å². The standard InChI is InChI=1S/C9H19NO4/c1-10(2)5-3-4-9(13)14-7-8(12)6-11/h8,11-12H,3-7H2,1-2H3/t8-/m0/s1. The number of rotatable bonds is 7. The molecule has 0 saturated carbocycles. The van der Waals surface area contributed by atoms with Gasteiger partial charge in [0.1, 0.15) is 12.7 Å². The lowest BCUT2D eigenvalue weighted by molar-refractivity contribution is -0.147. The van der Waals surface area contributed by atoms with Crippen molar-refractivity contribution in [1.82, 2.24) is 4.90 Å². The zero-order valence-electron chi connectivity index (χ0n) is 8.77. The van der Waals surface area contributed by atoms with E-state index < -0.39 is 6.10 Å². The normalized spacial score (nSPS) is 12.9. The van der Waals surface area contributed by atoms with E-state index >= 15 is 0 Å². The first-order valence-corrected chi connectivity index (χ1v) is 4.65. The van der Waals surface area contributed by atoms with Crippen LogP contribution < -0.4 is 0 Å². The van der Waals surface area contributed by atoms with Gasteiger partial charge in [0.15, 0.2) is 0 Å². The smallest absolute Gasteiger partial charge is 0.305 e. The Bertz CT molecular complexity index is 161. The molecule has 1 atom stereocenters. The van der Waals surface area contributed by atoms with Gasteiger partial charge in [-0.15, -0.1) is 0 Å². The first-order chi connectivity index (χ1) is 6.56. The van der Waals surface area contributed by atoms with Crippen LogP contribution in [0.15, 0.2) is 0 Å². The van der Waals surface area contributed by atoms with E-state index in [1.807, 2.05) is 19.0 Å². The number of aliphatic hydroxyl groups is 2. The Labute approximate surface area is 84.3 Å². The Morgan fingerprint density at radius 3 is 2.64 bits per heavy atom. The molecule has 0 bridgehead atoms. The summed E-state index contributed by atoms with van der Waals surface area (Å²) in [5.74, 6) is -0.334. The highest BCUT2D eigenvalue weighted by Crippen LogP contribution is 1.95. The van der Waals surface area contributed by atoms with Crippen LogP contribution in [0.2, 0.25) is 0 Å². The van der Waals surface area contributed by atoms with E-state index in [0.29, 0.717) is 6.42 Å². The van der Waals surface area contributed by atoms with Crippen molar-refractivity contribution in [2.75, 3.05) is 33.9 Å². The van der Waals surface area contributed by atoms with E-state index in [2.05, 4.69) is 0 Å². The van der Waals surface area contributed by atoms with Crippen LogP contribution in [0.1, 0.15) is 12.8 Å². The average molecular weight is 205 g/mol. The Kier molecular flexibility index (Phi) is 7.37. The van der Waals surface area contributed by atoms with E-state index in [4.69, 9.17) is 14.9 Å². The maximum Gasteiger partial charge on any atom is 0.305 e. The minimum Gasteiger partial charge on any atom is -0.463 e. The van der Waals surface area contributed by atoms with Crippen LogP contribution >= 0.6 is 0 Å². The lowest BCUT2D eigenvalue weighted by atomic mass is 10.3. The molecule has 5 heteroatoms. The highest BCUT2D eigenvalue weighted by Gasteiger charge is 2.07. The molecule has 5 nitrogen and oxygen atoms in total. The molecule has 0 aromatic heterocycles. The van der Waals surface area contributed by atoms with Crippen LogP contribution in [0.3, 0.4) is 0 Å². The fraction of sp³-hybridized carbons (Fsp3) is 0.889. The van der Waals surface area contributed by atoms with E-state index in [0.717, 1.165) is 13.0 Å². The van der Waals surface area contributed by atoms with Crippen molar-refractivity contribution in [2.24, 2.45) is 0 Å². The number of hydrogen-bond acceptors (Lipinski definition) is 5. The van der Waals surface area contributed by atoms with Gasteiger partial charge in [-0.2, -0.15) is 0 Å². The van der Waals surface area contributed by atoms with Crippen LogP contribution in [0.25, 0.3) is 0 Å². The molecule has 0 saturated heterocycles. The van der Waals surface area contributed by atoms with Crippen LogP contribution in [-0.2, 0) is 9.53 Å². The number of ether oxygens (including phenoxy) is 1. The number of esters is 1. The molecule has 0 aromatic rings. The molecule has 0 fully saturated rings. The van der Waals surface area contributed by atoms with Crippen molar-refractivity contribution in [3.63, 3.8) is 0 Å². The zero-order chi connectivity index (χ0) is 11.0. The van der Waals surface area contributed by atoms with E-state index in [9.17, 15) is 4.79 Å². The van der Waals surface area contributed by atoms with Gasteiger partial charge < -0.3 is 19.8 Å². The summed E-state index contributed by atoms with van der Waals surface area (Å²) in [5.41, 5.74) is 0. The van der Waals surface area contributed by atoms with Gasteiger partial charge in [-0.1, -0.05) is 0 Å². The fourth-order valence-corrected chi connectivity index (χ4v) is 0.854. The Morgan fingerprint density at radius 2 is 2.14 bits per heavy atom. The third-order valence-electron chi connectivity index (χ3n) is 1.63. The summed E-state index contributed by atoms with van der Waals surface area (Å²) in [5, 5.41) is 17.3. The topological polar surface area (TPSA) is 70.0 Å². The maximum absolute atomic E-state index is 11.0. The van der Waals surface area contributed by atoms with Crippen LogP contribution in [-0.4, -0.2) is 61.0 Å². The van der Waals surface area contributed by atoms with Crippen molar-refractivity contribution in [3.8, 4) is 0 Å². The summed E-state index contributed by atoms with van der Waals surface area (Å²) in [6.07, 6.45) is 0.116. The van der Waals surface area contributed by atoms with Crippen molar-refractivity contribution < 1.29 is 19.7 Å². The number of carbonyl (C=O) groups is 1. The lowest BCUT2D eigenvalue weighted by Crippen LogP contribution is -2.22. The predicted octanol–water partition coefficient (Wildman–Crippen LogP) is -0.775. The van der Waals surface area contributed by atoms with Crippen LogP contribution in [0.4, 0.5) is 0 Å². The highest BCUT2D eigenvalue weighted by atomic mass is 16.5. The van der Waals surface area contributed by atoms with Gasteiger partial charge in [0.2, 0.25) is 0 Å². The summed E-state index contributed by atoms with van der Waals surface area (Å²) in [7, 11) is 3.86. The second-order valence-electron chi connectivity index (χ2n) is 3.43. The van der Waals surface area contributed by atoms with Crippen LogP contribution in [0.5, 0.6) is 0 Å². The Hall–Kier alpha value is -0.650. The molecular formula is C9H19NO4. The first-order valence-electron chi connectivity index (χ1n) is 4.65. The molecule has 0 radical (unpaired) electrons. The molecule has 0 heterocycles. The molecule has 0 amide bonds. The predicted molar refractivity (Wildman–Crippen MR) is 51.8 cm³/mol. The third kappa shape index (κ3) is 7.97. The van der Waals surface area contributed by atoms with Crippen LogP contribution in [0, 0.1) is 0 Å². The minimum atomic E-state index is -0.965.